The summed E-state index contributed by atoms with van der Waals surface area (Å²) >= 11 is 0. The van der Waals surface area contributed by atoms with Gasteiger partial charge in [0.05, 0.1) is 6.54 Å². The summed E-state index contributed by atoms with van der Waals surface area (Å²) in [4.78, 5) is 30.0. The third kappa shape index (κ3) is 6.21. The molecule has 0 spiro atoms. The number of aryl methyl sites for hydroxylation is 2. The van der Waals surface area contributed by atoms with Crippen LogP contribution < -0.4 is 0 Å². The van der Waals surface area contributed by atoms with Gasteiger partial charge in [-0.1, -0.05) is 38.5 Å². The molecule has 0 saturated carbocycles. The number of nitrogens with zero attached hydrogens (tertiary/aromatic N) is 3. The lowest BCUT2D eigenvalue weighted by Gasteiger charge is -2.32. The van der Waals surface area contributed by atoms with Crippen LogP contribution in [0.25, 0.3) is 0 Å². The second-order valence-corrected chi connectivity index (χ2v) is 8.33. The molecule has 2 amide bonds. The van der Waals surface area contributed by atoms with Gasteiger partial charge in [0.1, 0.15) is 6.54 Å². The van der Waals surface area contributed by atoms with Crippen LogP contribution in [0.5, 0.6) is 0 Å². The molecule has 5 heteroatoms. The van der Waals surface area contributed by atoms with Crippen molar-refractivity contribution in [3.63, 3.8) is 0 Å². The van der Waals surface area contributed by atoms with Gasteiger partial charge >= 0.3 is 0 Å². The van der Waals surface area contributed by atoms with Gasteiger partial charge in [0.2, 0.25) is 5.91 Å². The van der Waals surface area contributed by atoms with Crippen molar-refractivity contribution in [3.05, 3.63) is 59.4 Å². The molecular formula is C24H35N3O2. The molecule has 0 fully saturated rings. The van der Waals surface area contributed by atoms with Crippen molar-refractivity contribution in [2.75, 3.05) is 13.1 Å². The smallest absolute Gasteiger partial charge is 0.254 e. The molecule has 0 radical (unpaired) electrons. The molecule has 0 unspecified atom stereocenters. The monoisotopic (exact) mass is 397 g/mol. The van der Waals surface area contributed by atoms with E-state index in [9.17, 15) is 9.59 Å². The summed E-state index contributed by atoms with van der Waals surface area (Å²) in [7, 11) is 1.99. The average molecular weight is 398 g/mol. The van der Waals surface area contributed by atoms with Gasteiger partial charge in [0.25, 0.3) is 5.91 Å². The quantitative estimate of drug-likeness (QED) is 0.635. The number of rotatable bonds is 9. The second-order valence-electron chi connectivity index (χ2n) is 8.33. The summed E-state index contributed by atoms with van der Waals surface area (Å²) in [5.74, 6) is 0.251. The SMILES string of the molecule is CC[C@@H](C)N(CC(=O)N(Cc1cccn1C)CC(C)C)C(=O)c1ccc(C)cc1. The Morgan fingerprint density at radius 1 is 1.07 bits per heavy atom. The van der Waals surface area contributed by atoms with Crippen LogP contribution in [0.4, 0.5) is 0 Å². The van der Waals surface area contributed by atoms with Crippen LogP contribution in [0.15, 0.2) is 42.6 Å². The Hall–Kier alpha value is -2.56. The molecule has 2 rings (SSSR count). The molecule has 0 aliphatic carbocycles. The van der Waals surface area contributed by atoms with Gasteiger partial charge in [-0.3, -0.25) is 9.59 Å². The van der Waals surface area contributed by atoms with E-state index in [1.54, 1.807) is 4.90 Å². The third-order valence-electron chi connectivity index (χ3n) is 5.33. The first-order chi connectivity index (χ1) is 13.7. The first kappa shape index (κ1) is 22.7. The molecule has 0 bridgehead atoms. The van der Waals surface area contributed by atoms with Crippen LogP contribution in [-0.4, -0.2) is 45.3 Å². The Kier molecular flexibility index (Phi) is 8.06. The van der Waals surface area contributed by atoms with Gasteiger partial charge in [-0.2, -0.15) is 0 Å². The Balaban J connectivity index is 2.22. The number of carbonyl (C=O) groups is 2. The predicted molar refractivity (Wildman–Crippen MR) is 118 cm³/mol. The van der Waals surface area contributed by atoms with E-state index in [0.29, 0.717) is 24.6 Å². The van der Waals surface area contributed by atoms with Crippen LogP contribution in [0.2, 0.25) is 0 Å². The van der Waals surface area contributed by atoms with E-state index in [2.05, 4.69) is 13.8 Å². The van der Waals surface area contributed by atoms with Crippen LogP contribution in [0, 0.1) is 12.8 Å². The van der Waals surface area contributed by atoms with E-state index < -0.39 is 0 Å². The Morgan fingerprint density at radius 2 is 1.72 bits per heavy atom. The fourth-order valence-corrected chi connectivity index (χ4v) is 3.31. The zero-order chi connectivity index (χ0) is 21.6. The maximum Gasteiger partial charge on any atom is 0.254 e. The van der Waals surface area contributed by atoms with Crippen molar-refractivity contribution < 1.29 is 9.59 Å². The largest absolute Gasteiger partial charge is 0.353 e. The highest BCUT2D eigenvalue weighted by molar-refractivity contribution is 5.96. The van der Waals surface area contributed by atoms with Crippen LogP contribution >= 0.6 is 0 Å². The third-order valence-corrected chi connectivity index (χ3v) is 5.33. The Labute approximate surface area is 175 Å². The average Bonchev–Trinajstić information content (AvgIpc) is 3.09. The summed E-state index contributed by atoms with van der Waals surface area (Å²) in [6.07, 6.45) is 2.78. The molecule has 2 aromatic rings. The van der Waals surface area contributed by atoms with Crippen molar-refractivity contribution in [3.8, 4) is 0 Å². The Morgan fingerprint density at radius 3 is 2.24 bits per heavy atom. The lowest BCUT2D eigenvalue weighted by Crippen LogP contribution is -2.47. The van der Waals surface area contributed by atoms with Crippen molar-refractivity contribution >= 4 is 11.8 Å². The van der Waals surface area contributed by atoms with Crippen LogP contribution in [0.3, 0.4) is 0 Å². The molecular weight excluding hydrogens is 362 g/mol. The number of hydrogen-bond acceptors (Lipinski definition) is 2. The standard InChI is InChI=1S/C24H35N3O2/c1-7-20(5)27(24(29)21-12-10-19(4)11-13-21)17-23(28)26(15-18(2)3)16-22-9-8-14-25(22)6/h8-14,18,20H,7,15-17H2,1-6H3/t20-/m1/s1. The highest BCUT2D eigenvalue weighted by Gasteiger charge is 2.26. The molecule has 1 heterocycles. The molecule has 1 aromatic carbocycles. The summed E-state index contributed by atoms with van der Waals surface area (Å²) in [5.41, 5.74) is 2.82. The lowest BCUT2D eigenvalue weighted by molar-refractivity contribution is -0.133. The number of benzene rings is 1. The minimum atomic E-state index is -0.0870. The summed E-state index contributed by atoms with van der Waals surface area (Å²) in [5, 5.41) is 0. The summed E-state index contributed by atoms with van der Waals surface area (Å²) in [6, 6.07) is 11.6. The second kappa shape index (κ2) is 10.3. The van der Waals surface area contributed by atoms with Crippen LogP contribution in [-0.2, 0) is 18.4 Å². The molecule has 1 atom stereocenters. The number of hydrogen-bond donors (Lipinski definition) is 0. The molecule has 158 valence electrons. The zero-order valence-electron chi connectivity index (χ0n) is 18.7. The maximum atomic E-state index is 13.3. The minimum Gasteiger partial charge on any atom is -0.353 e. The van der Waals surface area contributed by atoms with E-state index in [0.717, 1.165) is 17.7 Å². The maximum absolute atomic E-state index is 13.3. The van der Waals surface area contributed by atoms with Gasteiger partial charge < -0.3 is 14.4 Å². The lowest BCUT2D eigenvalue weighted by atomic mass is 10.1. The molecule has 0 aliphatic heterocycles. The zero-order valence-corrected chi connectivity index (χ0v) is 18.7. The molecule has 0 saturated heterocycles. The molecule has 1 aromatic heterocycles. The number of carbonyl (C=O) groups excluding carboxylic acids is 2. The molecule has 29 heavy (non-hydrogen) atoms. The van der Waals surface area contributed by atoms with Gasteiger partial charge in [-0.25, -0.2) is 0 Å². The van der Waals surface area contributed by atoms with Gasteiger partial charge in [0, 0.05) is 37.1 Å². The van der Waals surface area contributed by atoms with E-state index in [1.807, 2.05) is 79.9 Å². The molecule has 5 nitrogen and oxygen atoms in total. The fourth-order valence-electron chi connectivity index (χ4n) is 3.31. The first-order valence-corrected chi connectivity index (χ1v) is 10.5. The fraction of sp³-hybridized carbons (Fsp3) is 0.500. The molecule has 0 N–H and O–H groups in total. The van der Waals surface area contributed by atoms with E-state index >= 15 is 0 Å². The minimum absolute atomic E-state index is 0.0105. The van der Waals surface area contributed by atoms with Crippen molar-refractivity contribution in [2.24, 2.45) is 13.0 Å². The number of amides is 2. The van der Waals surface area contributed by atoms with Crippen molar-refractivity contribution in [1.29, 1.82) is 0 Å². The summed E-state index contributed by atoms with van der Waals surface area (Å²) < 4.78 is 2.03. The highest BCUT2D eigenvalue weighted by Crippen LogP contribution is 2.15. The van der Waals surface area contributed by atoms with Crippen molar-refractivity contribution in [2.45, 2.75) is 53.6 Å². The van der Waals surface area contributed by atoms with E-state index in [4.69, 9.17) is 0 Å². The topological polar surface area (TPSA) is 45.6 Å². The van der Waals surface area contributed by atoms with Gasteiger partial charge in [-0.05, 0) is 50.5 Å². The van der Waals surface area contributed by atoms with Gasteiger partial charge in [-0.15, -0.1) is 0 Å². The van der Waals surface area contributed by atoms with Crippen molar-refractivity contribution in [1.82, 2.24) is 14.4 Å². The van der Waals surface area contributed by atoms with E-state index in [-0.39, 0.29) is 24.4 Å². The number of aromatic nitrogens is 1. The van der Waals surface area contributed by atoms with E-state index in [1.165, 1.54) is 0 Å². The van der Waals surface area contributed by atoms with Crippen LogP contribution in [0.1, 0.15) is 55.7 Å². The predicted octanol–water partition coefficient (Wildman–Crippen LogP) is 4.26. The summed E-state index contributed by atoms with van der Waals surface area (Å²) in [6.45, 7) is 11.6. The van der Waals surface area contributed by atoms with Gasteiger partial charge in [0.15, 0.2) is 0 Å². The normalized spacial score (nSPS) is 12.1. The Bertz CT molecular complexity index is 808. The first-order valence-electron chi connectivity index (χ1n) is 10.5. The molecule has 0 aliphatic rings. The highest BCUT2D eigenvalue weighted by atomic mass is 16.2.